The van der Waals surface area contributed by atoms with Crippen molar-refractivity contribution in [3.63, 3.8) is 0 Å². The summed E-state index contributed by atoms with van der Waals surface area (Å²) in [6.45, 7) is 2.02. The molecule has 0 radical (unpaired) electrons. The summed E-state index contributed by atoms with van der Waals surface area (Å²) >= 11 is 0. The maximum absolute atomic E-state index is 14.0. The number of benzene rings is 2. The Kier molecular flexibility index (Phi) is 3.25. The molecule has 2 nitrogen and oxygen atoms in total. The van der Waals surface area contributed by atoms with Gasteiger partial charge in [-0.05, 0) is 30.2 Å². The Morgan fingerprint density at radius 3 is 2.30 bits per heavy atom. The van der Waals surface area contributed by atoms with Crippen LogP contribution in [0.5, 0.6) is 0 Å². The van der Waals surface area contributed by atoms with Crippen LogP contribution in [0.25, 0.3) is 22.4 Å². The zero-order valence-corrected chi connectivity index (χ0v) is 11.0. The molecule has 0 atom stereocenters. The molecule has 98 valence electrons. The fourth-order valence-electron chi connectivity index (χ4n) is 2.27. The molecule has 1 aromatic heterocycles. The van der Waals surface area contributed by atoms with E-state index in [0.29, 0.717) is 11.3 Å². The maximum atomic E-state index is 14.0. The first kappa shape index (κ1) is 12.5. The Balaban J connectivity index is 2.25. The maximum Gasteiger partial charge on any atom is 0.132 e. The van der Waals surface area contributed by atoms with Crippen LogP contribution in [0.2, 0.25) is 0 Å². The number of halogens is 1. The van der Waals surface area contributed by atoms with E-state index in [-0.39, 0.29) is 5.82 Å². The van der Waals surface area contributed by atoms with Crippen molar-refractivity contribution in [1.29, 1.82) is 0 Å². The minimum Gasteiger partial charge on any atom is -0.244 e. The van der Waals surface area contributed by atoms with Crippen molar-refractivity contribution in [3.8, 4) is 22.4 Å². The topological polar surface area (TPSA) is 25.8 Å². The first-order valence-electron chi connectivity index (χ1n) is 6.38. The Labute approximate surface area is 117 Å². The number of aryl methyl sites for hydroxylation is 1. The molecule has 0 saturated carbocycles. The average molecular weight is 264 g/mol. The highest BCUT2D eigenvalue weighted by atomic mass is 19.1. The first-order chi connectivity index (χ1) is 9.77. The van der Waals surface area contributed by atoms with Crippen LogP contribution in [0.4, 0.5) is 4.39 Å². The molecule has 0 amide bonds. The van der Waals surface area contributed by atoms with Gasteiger partial charge in [-0.3, -0.25) is 0 Å². The number of hydrogen-bond donors (Lipinski definition) is 0. The van der Waals surface area contributed by atoms with E-state index in [0.717, 1.165) is 16.7 Å². The third kappa shape index (κ3) is 2.18. The number of nitrogens with zero attached hydrogens (tertiary/aromatic N) is 2. The van der Waals surface area contributed by atoms with E-state index < -0.39 is 0 Å². The molecule has 3 aromatic rings. The second-order valence-corrected chi connectivity index (χ2v) is 4.58. The molecule has 0 unspecified atom stereocenters. The van der Waals surface area contributed by atoms with Gasteiger partial charge < -0.3 is 0 Å². The van der Waals surface area contributed by atoms with Crippen LogP contribution in [0.15, 0.2) is 61.1 Å². The van der Waals surface area contributed by atoms with Crippen molar-refractivity contribution in [3.05, 3.63) is 72.4 Å². The fraction of sp³-hybridized carbons (Fsp3) is 0.0588. The molecular formula is C17H13FN2. The molecule has 0 spiro atoms. The molecule has 0 fully saturated rings. The van der Waals surface area contributed by atoms with Crippen LogP contribution < -0.4 is 0 Å². The minimum atomic E-state index is -0.277. The molecule has 20 heavy (non-hydrogen) atoms. The molecule has 0 aliphatic heterocycles. The summed E-state index contributed by atoms with van der Waals surface area (Å²) in [5, 5.41) is 0. The highest BCUT2D eigenvalue weighted by molar-refractivity contribution is 5.81. The molecule has 3 rings (SSSR count). The summed E-state index contributed by atoms with van der Waals surface area (Å²) in [6, 6.07) is 14.6. The predicted molar refractivity (Wildman–Crippen MR) is 77.6 cm³/mol. The van der Waals surface area contributed by atoms with Gasteiger partial charge in [-0.2, -0.15) is 0 Å². The summed E-state index contributed by atoms with van der Waals surface area (Å²) in [5.41, 5.74) is 4.09. The molecule has 0 aliphatic carbocycles. The van der Waals surface area contributed by atoms with Crippen molar-refractivity contribution in [1.82, 2.24) is 9.97 Å². The third-order valence-corrected chi connectivity index (χ3v) is 3.28. The summed E-state index contributed by atoms with van der Waals surface area (Å²) in [4.78, 5) is 8.36. The van der Waals surface area contributed by atoms with E-state index in [1.807, 2.05) is 37.3 Å². The van der Waals surface area contributed by atoms with E-state index in [1.54, 1.807) is 18.3 Å². The normalized spacial score (nSPS) is 10.5. The second-order valence-electron chi connectivity index (χ2n) is 4.58. The lowest BCUT2D eigenvalue weighted by molar-refractivity contribution is 0.630. The van der Waals surface area contributed by atoms with Gasteiger partial charge in [0.25, 0.3) is 0 Å². The van der Waals surface area contributed by atoms with Crippen LogP contribution in [-0.2, 0) is 0 Å². The Bertz CT molecular complexity index is 689. The van der Waals surface area contributed by atoms with Crippen molar-refractivity contribution < 1.29 is 4.39 Å². The van der Waals surface area contributed by atoms with Crippen molar-refractivity contribution in [2.24, 2.45) is 0 Å². The van der Waals surface area contributed by atoms with Gasteiger partial charge in [0.1, 0.15) is 12.1 Å². The fourth-order valence-corrected chi connectivity index (χ4v) is 2.27. The summed E-state index contributed by atoms with van der Waals surface area (Å²) < 4.78 is 14.0. The Morgan fingerprint density at radius 2 is 1.55 bits per heavy atom. The zero-order chi connectivity index (χ0) is 13.9. The van der Waals surface area contributed by atoms with Gasteiger partial charge in [0.15, 0.2) is 0 Å². The lowest BCUT2D eigenvalue weighted by atomic mass is 9.97. The molecule has 0 N–H and O–H groups in total. The number of rotatable bonds is 2. The lowest BCUT2D eigenvalue weighted by Gasteiger charge is -2.11. The zero-order valence-electron chi connectivity index (χ0n) is 11.0. The Hall–Kier alpha value is -2.55. The van der Waals surface area contributed by atoms with E-state index in [4.69, 9.17) is 0 Å². The SMILES string of the molecule is Cc1ccccc1-c1cncnc1-c1ccccc1F. The van der Waals surface area contributed by atoms with Crippen molar-refractivity contribution in [2.45, 2.75) is 6.92 Å². The largest absolute Gasteiger partial charge is 0.244 e. The van der Waals surface area contributed by atoms with Gasteiger partial charge in [-0.1, -0.05) is 36.4 Å². The molecule has 0 aliphatic rings. The Morgan fingerprint density at radius 1 is 0.850 bits per heavy atom. The van der Waals surface area contributed by atoms with Gasteiger partial charge in [0, 0.05) is 17.3 Å². The standard InChI is InChI=1S/C17H13FN2/c1-12-6-2-3-7-13(12)15-10-19-11-20-17(15)14-8-4-5-9-16(14)18/h2-11H,1H3. The van der Waals surface area contributed by atoms with Crippen LogP contribution >= 0.6 is 0 Å². The molecule has 3 heteroatoms. The summed E-state index contributed by atoms with van der Waals surface area (Å²) in [7, 11) is 0. The van der Waals surface area contributed by atoms with Crippen molar-refractivity contribution in [2.75, 3.05) is 0 Å². The van der Waals surface area contributed by atoms with E-state index in [2.05, 4.69) is 9.97 Å². The van der Waals surface area contributed by atoms with Gasteiger partial charge in [0.2, 0.25) is 0 Å². The summed E-state index contributed by atoms with van der Waals surface area (Å²) in [5.74, 6) is -0.277. The van der Waals surface area contributed by atoms with Gasteiger partial charge >= 0.3 is 0 Å². The third-order valence-electron chi connectivity index (χ3n) is 3.28. The van der Waals surface area contributed by atoms with Crippen LogP contribution in [0, 0.1) is 12.7 Å². The number of hydrogen-bond acceptors (Lipinski definition) is 2. The van der Waals surface area contributed by atoms with Crippen LogP contribution in [-0.4, -0.2) is 9.97 Å². The predicted octanol–water partition coefficient (Wildman–Crippen LogP) is 4.26. The van der Waals surface area contributed by atoms with Gasteiger partial charge in [-0.15, -0.1) is 0 Å². The smallest absolute Gasteiger partial charge is 0.132 e. The molecule has 1 heterocycles. The van der Waals surface area contributed by atoms with E-state index >= 15 is 0 Å². The molecule has 0 saturated heterocycles. The van der Waals surface area contributed by atoms with E-state index in [9.17, 15) is 4.39 Å². The second kappa shape index (κ2) is 5.21. The highest BCUT2D eigenvalue weighted by Crippen LogP contribution is 2.32. The number of aromatic nitrogens is 2. The van der Waals surface area contributed by atoms with Crippen LogP contribution in [0.3, 0.4) is 0 Å². The average Bonchev–Trinajstić information content (AvgIpc) is 2.48. The van der Waals surface area contributed by atoms with Gasteiger partial charge in [-0.25, -0.2) is 14.4 Å². The monoisotopic (exact) mass is 264 g/mol. The molecule has 0 bridgehead atoms. The molecular weight excluding hydrogens is 251 g/mol. The molecule has 2 aromatic carbocycles. The minimum absolute atomic E-state index is 0.277. The van der Waals surface area contributed by atoms with Gasteiger partial charge in [0.05, 0.1) is 5.69 Å². The summed E-state index contributed by atoms with van der Waals surface area (Å²) in [6.07, 6.45) is 3.18. The first-order valence-corrected chi connectivity index (χ1v) is 6.38. The quantitative estimate of drug-likeness (QED) is 0.691. The van der Waals surface area contributed by atoms with E-state index in [1.165, 1.54) is 12.4 Å². The van der Waals surface area contributed by atoms with Crippen molar-refractivity contribution >= 4 is 0 Å². The van der Waals surface area contributed by atoms with Crippen LogP contribution in [0.1, 0.15) is 5.56 Å². The highest BCUT2D eigenvalue weighted by Gasteiger charge is 2.13. The lowest BCUT2D eigenvalue weighted by Crippen LogP contribution is -1.94.